The molecule has 14 aromatic rings. The molecule has 2 aliphatic heterocycles. The number of hydrogen-bond acceptors (Lipinski definition) is 23. The van der Waals surface area contributed by atoms with Crippen molar-refractivity contribution in [2.75, 3.05) is 35.0 Å². The maximum Gasteiger partial charge on any atom is 0.573 e. The van der Waals surface area contributed by atoms with Crippen LogP contribution in [0.2, 0.25) is 15.5 Å². The summed E-state index contributed by atoms with van der Waals surface area (Å²) in [6, 6.07) is 59.0. The number of anilines is 5. The molecule has 7 aromatic carbocycles. The van der Waals surface area contributed by atoms with Crippen LogP contribution >= 0.6 is 114 Å². The molecule has 0 aliphatic carbocycles. The lowest BCUT2D eigenvalue weighted by molar-refractivity contribution is -0.384. The highest BCUT2D eigenvalue weighted by Gasteiger charge is 2.52. The van der Waals surface area contributed by atoms with E-state index in [-0.39, 0.29) is 121 Å². The van der Waals surface area contributed by atoms with Gasteiger partial charge in [0.1, 0.15) is 22.9 Å². The molecule has 0 radical (unpaired) electrons. The van der Waals surface area contributed by atoms with Gasteiger partial charge in [-0.25, -0.2) is 19.9 Å². The molecule has 1 atom stereocenters. The summed E-state index contributed by atoms with van der Waals surface area (Å²) >= 11 is 33.9. The first-order valence-corrected chi connectivity index (χ1v) is 44.4. The van der Waals surface area contributed by atoms with Gasteiger partial charge in [0.2, 0.25) is 5.15 Å². The third-order valence-corrected chi connectivity index (χ3v) is 22.9. The van der Waals surface area contributed by atoms with Crippen molar-refractivity contribution in [2.45, 2.75) is 142 Å². The molecule has 0 bridgehead atoms. The molecular formula is C96H114B2Br5Cl3F7N17O12. The van der Waals surface area contributed by atoms with Gasteiger partial charge in [0, 0.05) is 110 Å². The minimum Gasteiger partial charge on any atom is -0.483 e. The summed E-state index contributed by atoms with van der Waals surface area (Å²) in [6.45, 7) is 10.4. The number of nitrogens with one attached hydrogen (secondary N) is 3. The number of fused-ring (bicyclic) bond motifs is 2. The first-order valence-electron chi connectivity index (χ1n) is 40.0. The number of rotatable bonds is 17. The third-order valence-electron chi connectivity index (χ3n) is 19.0. The smallest absolute Gasteiger partial charge is 0.483 e. The normalized spacial score (nSPS) is 12.1. The number of pyridine rings is 5. The maximum atomic E-state index is 12.9. The van der Waals surface area contributed by atoms with E-state index in [0.29, 0.717) is 90.8 Å². The number of nitrogen functional groups attached to an aromatic ring is 3. The van der Waals surface area contributed by atoms with E-state index >= 15 is 0 Å². The second-order valence-electron chi connectivity index (χ2n) is 28.8. The fourth-order valence-electron chi connectivity index (χ4n) is 11.8. The molecule has 2 aliphatic rings. The van der Waals surface area contributed by atoms with Crippen LogP contribution in [-0.2, 0) is 53.8 Å². The number of aromatic nitrogens is 9. The Balaban J connectivity index is 0.00000162. The number of halogens is 15. The van der Waals surface area contributed by atoms with E-state index in [1.165, 1.54) is 45.8 Å². The van der Waals surface area contributed by atoms with Crippen LogP contribution in [0.1, 0.15) is 120 Å². The summed E-state index contributed by atoms with van der Waals surface area (Å²) in [5.74, 6) is -0.788. The van der Waals surface area contributed by atoms with Crippen LogP contribution in [-0.4, -0.2) is 122 Å². The van der Waals surface area contributed by atoms with Gasteiger partial charge in [0.15, 0.2) is 15.8 Å². The summed E-state index contributed by atoms with van der Waals surface area (Å²) in [7, 11) is -1.12. The first kappa shape index (κ1) is 128. The van der Waals surface area contributed by atoms with Gasteiger partial charge in [-0.05, 0) is 183 Å². The van der Waals surface area contributed by atoms with E-state index in [1.807, 2.05) is 197 Å². The molecule has 0 spiro atoms. The lowest BCUT2D eigenvalue weighted by Gasteiger charge is -2.32. The van der Waals surface area contributed by atoms with Crippen molar-refractivity contribution in [3.05, 3.63) is 352 Å². The predicted molar refractivity (Wildman–Crippen MR) is 578 cm³/mol. The van der Waals surface area contributed by atoms with Crippen LogP contribution < -0.4 is 65.1 Å². The van der Waals surface area contributed by atoms with E-state index in [1.54, 1.807) is 42.0 Å². The molecule has 1 fully saturated rings. The number of imidazole rings is 1. The number of aromatic amines is 1. The van der Waals surface area contributed by atoms with Gasteiger partial charge in [-0.3, -0.25) is 43.1 Å². The lowest BCUT2D eigenvalue weighted by Crippen LogP contribution is -2.41. The average Bonchev–Trinajstić information content (AvgIpc) is 1.63. The quantitative estimate of drug-likeness (QED) is 0.0101. The fourth-order valence-corrected chi connectivity index (χ4v) is 14.7. The lowest BCUT2D eigenvalue weighted by atomic mass is 9.80. The fraction of sp³-hybridized carbons (Fsp3) is 0.240. The topological polar surface area (TPSA) is 427 Å². The van der Waals surface area contributed by atoms with Gasteiger partial charge in [-0.1, -0.05) is 251 Å². The highest BCUT2D eigenvalue weighted by atomic mass is 79.9. The zero-order chi connectivity index (χ0) is 100. The van der Waals surface area contributed by atoms with Crippen molar-refractivity contribution in [1.82, 2.24) is 43.8 Å². The molecule has 1 saturated heterocycles. The van der Waals surface area contributed by atoms with Crippen molar-refractivity contribution in [3.63, 3.8) is 0 Å². The van der Waals surface area contributed by atoms with Crippen molar-refractivity contribution in [2.24, 2.45) is 17.8 Å². The van der Waals surface area contributed by atoms with E-state index in [4.69, 9.17) is 88.4 Å². The molecule has 9 heterocycles. The van der Waals surface area contributed by atoms with Gasteiger partial charge in [0.25, 0.3) is 17.6 Å². The number of nitrogens with two attached hydrogens (primary N) is 4. The Morgan fingerprint density at radius 1 is 0.606 bits per heavy atom. The zero-order valence-electron chi connectivity index (χ0n) is 72.8. The predicted octanol–water partition coefficient (Wildman–Crippen LogP) is 24.3. The Morgan fingerprint density at radius 2 is 1.03 bits per heavy atom. The Morgan fingerprint density at radius 3 is 1.46 bits per heavy atom. The summed E-state index contributed by atoms with van der Waals surface area (Å²) in [4.78, 5) is 66.0. The van der Waals surface area contributed by atoms with Gasteiger partial charge in [-0.2, -0.15) is 5.10 Å². The standard InChI is InChI=1S/C21H14BrF3N2O2.C13H10BrN3O.C12H9BrClN3O2.C12H11BrClN3.C10H17BN2O2.C7H6BF3O3.C7H9N.C5H5BrClN3.CH3F.CH2O2.7CH4/c22-17-12-27(15-6-8-16(9-7-15)29-21(23,24)25)20(28)19-18(17)14(11-26-19)10-13-4-2-1-3-5-13;14-10-6-15-13(18)11-12(10)17(8-16-11)7-9-4-2-1-3-5-9;13-9-7-16-12(14)11(17(18)19)10(9)15-6-8-4-2-1-3-5-8;13-9-7-17-12(14)10(15)11(9)16-6-8-4-2-1-3-5-8;1-9(2)10(3,4)15-11(14-9)8-6-12-13(5)7-8;9-7(10,11)14-6-3-1-5(2-4-6)8(12)13;8-6-7-4-2-1-3-5-7;6-2-1-10-5(7)4(9)3(2)8;1-2;2-1-3;;;;;;;/h1-9,11-12,14H,10H2;1-6,8H,7H2,(H,15,18);1-5,7H,6H2,(H,15,16);1-5,7H,6,15H2,(H,16,17);6-7H,1-5H3;1-4,12-13H;1-5H,6,8H2;1H,9H2,(H2,8,10);1H3;1H,(H,2,3);7*1H4/i;;;;;;;;1D;;;;;;;;. The number of carboxylic acid groups (broad SMARTS) is 1. The van der Waals surface area contributed by atoms with Crippen LogP contribution in [0.5, 0.6) is 11.5 Å². The second-order valence-corrected chi connectivity index (χ2v) is 34.2. The molecular weight excluding hydrogens is 2240 g/mol. The van der Waals surface area contributed by atoms with Gasteiger partial charge in [0.05, 0.1) is 77.1 Å². The Labute approximate surface area is 879 Å². The second kappa shape index (κ2) is 62.8. The number of benzene rings is 7. The highest BCUT2D eigenvalue weighted by molar-refractivity contribution is 9.11. The summed E-state index contributed by atoms with van der Waals surface area (Å²) in [5.41, 5.74) is 32.7. The van der Waals surface area contributed by atoms with Crippen LogP contribution in [0.15, 0.2) is 287 Å². The van der Waals surface area contributed by atoms with Gasteiger partial charge >= 0.3 is 32.6 Å². The maximum absolute atomic E-state index is 12.9. The van der Waals surface area contributed by atoms with Gasteiger partial charge in [-0.15, -0.1) is 26.3 Å². The number of aryl methyl sites for hydroxylation is 1. The molecule has 0 saturated carbocycles. The number of aliphatic imine (C=N–C) groups is 1. The molecule has 29 nitrogen and oxygen atoms in total. The molecule has 14 N–H and O–H groups in total. The van der Waals surface area contributed by atoms with E-state index in [9.17, 15) is 50.4 Å². The summed E-state index contributed by atoms with van der Waals surface area (Å²) < 4.78 is 115. The number of nitrogens with zero attached hydrogens (tertiary/aromatic N) is 10. The zero-order valence-corrected chi connectivity index (χ0v) is 82.0. The number of H-pyrrole nitrogens is 1. The Kier molecular flexibility index (Phi) is 56.8. The molecule has 16 rings (SSSR count). The van der Waals surface area contributed by atoms with E-state index in [2.05, 4.69) is 135 Å². The largest absolute Gasteiger partial charge is 0.573 e. The monoisotopic (exact) mass is 2350 g/mol. The number of alkyl halides is 7. The molecule has 766 valence electrons. The molecule has 7 aromatic heterocycles. The van der Waals surface area contributed by atoms with E-state index < -0.39 is 37.7 Å². The molecule has 0 amide bonds. The first-order chi connectivity index (χ1) is 64.4. The number of nitro groups is 1. The SMILES string of the molecule is C.C.C.C.C.C.C.Cn1cc(B2OC(C)(C)C(C)(C)O2)cn1.NCc1ccccc1.Nc1c(Br)cnc(Cl)c1N.Nc1c(Cl)ncc(Br)c1NCc1ccccc1.O=CO.O=[N+]([O-])c1c(Cl)ncc(Br)c1NCc1ccccc1.O=c1[nH]cc(Br)c2c1ncn2Cc1ccccc1.O=c1c2c(c(Br)cn1-c1ccc(OC(F)(F)F)cc1)C(Cc1ccccc1)C=N2.OB(O)c1ccc(OC(F)(F)F)cc1.[2H]CF. The molecule has 1 unspecified atom stereocenters. The minimum atomic E-state index is -4.77. The molecule has 142 heavy (non-hydrogen) atoms. The van der Waals surface area contributed by atoms with E-state index in [0.717, 1.165) is 78.7 Å². The number of hydrogen-bond donors (Lipinski definition) is 10. The summed E-state index contributed by atoms with van der Waals surface area (Å²) in [5, 5.41) is 46.0. The van der Waals surface area contributed by atoms with Crippen LogP contribution in [0.4, 0.5) is 70.5 Å². The third kappa shape index (κ3) is 40.0. The highest BCUT2D eigenvalue weighted by Crippen LogP contribution is 2.41. The van der Waals surface area contributed by atoms with Crippen molar-refractivity contribution in [1.29, 1.82) is 0 Å². The van der Waals surface area contributed by atoms with Crippen LogP contribution in [0.25, 0.3) is 16.7 Å². The van der Waals surface area contributed by atoms with Crippen LogP contribution in [0.3, 0.4) is 0 Å². The van der Waals surface area contributed by atoms with Gasteiger partial charge < -0.3 is 77.1 Å². The molecule has 46 heteroatoms. The van der Waals surface area contributed by atoms with Crippen molar-refractivity contribution < 1.29 is 75.8 Å². The van der Waals surface area contributed by atoms with Crippen LogP contribution in [0, 0.1) is 10.1 Å². The Hall–Kier alpha value is -11.6. The Bertz CT molecular complexity index is 6310. The van der Waals surface area contributed by atoms with Crippen molar-refractivity contribution in [3.8, 4) is 17.2 Å². The number of ether oxygens (including phenoxy) is 2. The average molecular weight is 2360 g/mol. The van der Waals surface area contributed by atoms with Crippen molar-refractivity contribution >= 4 is 203 Å². The minimum absolute atomic E-state index is 0. The summed E-state index contributed by atoms with van der Waals surface area (Å²) in [6.07, 6.45) is 6.19. The number of carbonyl (C=O) groups is 1.